The number of piperidine rings is 1. The second-order valence-corrected chi connectivity index (χ2v) is 12.1. The highest BCUT2D eigenvalue weighted by molar-refractivity contribution is 5.34. The molecule has 3 heteroatoms. The Balaban J connectivity index is 1.42. The first-order chi connectivity index (χ1) is 14.2. The summed E-state index contributed by atoms with van der Waals surface area (Å²) in [5.41, 5.74) is 3.26. The third-order valence-corrected chi connectivity index (χ3v) is 10.7. The van der Waals surface area contributed by atoms with E-state index in [1.54, 1.807) is 5.57 Å². The standard InChI is InChI=1S/C27H43NO2/c1-16-5-10-24(28-15-16)17(2)27(4)23-9-8-22-20(21(23)14-25(27)30)7-6-18-13-19(29)11-12-26(18,22)3/h6,9,16-17,19-22,24-25,28-30H,5,7-8,10-15H2,1-4H3/t16-,17+,19-,20-,21-,22-,24+,25-,26-,27+/m0/s1. The van der Waals surface area contributed by atoms with Crippen LogP contribution < -0.4 is 5.32 Å². The van der Waals surface area contributed by atoms with Gasteiger partial charge in [-0.1, -0.05) is 51.0 Å². The Morgan fingerprint density at radius 3 is 2.63 bits per heavy atom. The Morgan fingerprint density at radius 1 is 1.10 bits per heavy atom. The maximum absolute atomic E-state index is 11.4. The predicted octanol–water partition coefficient (Wildman–Crippen LogP) is 4.84. The van der Waals surface area contributed by atoms with Crippen LogP contribution in [0, 0.1) is 40.4 Å². The Morgan fingerprint density at radius 2 is 1.90 bits per heavy atom. The van der Waals surface area contributed by atoms with Crippen LogP contribution >= 0.6 is 0 Å². The van der Waals surface area contributed by atoms with E-state index < -0.39 is 0 Å². The minimum absolute atomic E-state index is 0.0957. The Hall–Kier alpha value is -0.640. The van der Waals surface area contributed by atoms with Gasteiger partial charge < -0.3 is 15.5 Å². The zero-order valence-electron chi connectivity index (χ0n) is 19.5. The van der Waals surface area contributed by atoms with Gasteiger partial charge in [-0.05, 0) is 92.9 Å². The van der Waals surface area contributed by atoms with Crippen LogP contribution in [0.1, 0.15) is 79.1 Å². The third kappa shape index (κ3) is 3.02. The van der Waals surface area contributed by atoms with E-state index >= 15 is 0 Å². The van der Waals surface area contributed by atoms with Crippen molar-refractivity contribution in [1.82, 2.24) is 5.32 Å². The minimum Gasteiger partial charge on any atom is -0.393 e. The van der Waals surface area contributed by atoms with E-state index in [1.807, 2.05) is 0 Å². The van der Waals surface area contributed by atoms with Gasteiger partial charge in [-0.25, -0.2) is 0 Å². The lowest BCUT2D eigenvalue weighted by atomic mass is 9.51. The number of aliphatic hydroxyl groups excluding tert-OH is 2. The molecule has 0 bridgehead atoms. The first kappa shape index (κ1) is 21.2. The maximum Gasteiger partial charge on any atom is 0.0639 e. The molecule has 1 heterocycles. The molecular weight excluding hydrogens is 370 g/mol. The molecule has 0 aromatic heterocycles. The zero-order chi connectivity index (χ0) is 21.3. The van der Waals surface area contributed by atoms with Gasteiger partial charge in [0, 0.05) is 11.5 Å². The molecule has 3 N–H and O–H groups in total. The fourth-order valence-corrected chi connectivity index (χ4v) is 8.42. The van der Waals surface area contributed by atoms with Crippen LogP contribution in [0.15, 0.2) is 23.3 Å². The molecule has 2 saturated carbocycles. The molecule has 5 rings (SSSR count). The number of fused-ring (bicyclic) bond motifs is 5. The largest absolute Gasteiger partial charge is 0.393 e. The topological polar surface area (TPSA) is 52.5 Å². The predicted molar refractivity (Wildman–Crippen MR) is 122 cm³/mol. The van der Waals surface area contributed by atoms with Crippen LogP contribution in [0.2, 0.25) is 0 Å². The highest BCUT2D eigenvalue weighted by Crippen LogP contribution is 2.64. The molecule has 0 radical (unpaired) electrons. The average molecular weight is 414 g/mol. The van der Waals surface area contributed by atoms with Crippen molar-refractivity contribution in [1.29, 1.82) is 0 Å². The normalized spacial score (nSPS) is 51.9. The van der Waals surface area contributed by atoms with Crippen LogP contribution in [-0.2, 0) is 0 Å². The van der Waals surface area contributed by atoms with Crippen LogP contribution in [0.25, 0.3) is 0 Å². The van der Waals surface area contributed by atoms with E-state index in [9.17, 15) is 10.2 Å². The summed E-state index contributed by atoms with van der Waals surface area (Å²) in [6.07, 6.45) is 13.4. The first-order valence-electron chi connectivity index (χ1n) is 12.7. The van der Waals surface area contributed by atoms with E-state index in [-0.39, 0.29) is 23.0 Å². The lowest BCUT2D eigenvalue weighted by Gasteiger charge is -2.54. The van der Waals surface area contributed by atoms with Crippen molar-refractivity contribution in [2.75, 3.05) is 6.54 Å². The summed E-state index contributed by atoms with van der Waals surface area (Å²) in [6, 6.07) is 0.522. The summed E-state index contributed by atoms with van der Waals surface area (Å²) in [5.74, 6) is 3.11. The molecule has 4 aliphatic carbocycles. The molecule has 0 amide bonds. The maximum atomic E-state index is 11.4. The number of nitrogens with one attached hydrogen (secondary N) is 1. The highest BCUT2D eigenvalue weighted by atomic mass is 16.3. The number of hydrogen-bond donors (Lipinski definition) is 3. The molecule has 10 atom stereocenters. The number of hydrogen-bond acceptors (Lipinski definition) is 3. The number of aliphatic hydroxyl groups is 2. The first-order valence-corrected chi connectivity index (χ1v) is 12.7. The summed E-state index contributed by atoms with van der Waals surface area (Å²) in [4.78, 5) is 0. The summed E-state index contributed by atoms with van der Waals surface area (Å²) in [6.45, 7) is 10.7. The highest BCUT2D eigenvalue weighted by Gasteiger charge is 2.58. The van der Waals surface area contributed by atoms with E-state index in [4.69, 9.17) is 0 Å². The van der Waals surface area contributed by atoms with Gasteiger partial charge in [0.2, 0.25) is 0 Å². The Bertz CT molecular complexity index is 735. The third-order valence-electron chi connectivity index (χ3n) is 10.7. The van der Waals surface area contributed by atoms with E-state index in [0.717, 1.165) is 51.0 Å². The molecule has 0 aromatic rings. The van der Waals surface area contributed by atoms with Crippen LogP contribution in [0.3, 0.4) is 0 Å². The molecule has 1 aliphatic heterocycles. The van der Waals surface area contributed by atoms with Gasteiger partial charge in [0.05, 0.1) is 12.2 Å². The van der Waals surface area contributed by atoms with Crippen molar-refractivity contribution < 1.29 is 10.2 Å². The fourth-order valence-electron chi connectivity index (χ4n) is 8.42. The molecule has 168 valence electrons. The second-order valence-electron chi connectivity index (χ2n) is 12.1. The van der Waals surface area contributed by atoms with Crippen molar-refractivity contribution in [3.05, 3.63) is 23.3 Å². The van der Waals surface area contributed by atoms with E-state index in [0.29, 0.717) is 29.7 Å². The van der Waals surface area contributed by atoms with Gasteiger partial charge >= 0.3 is 0 Å². The lowest BCUT2D eigenvalue weighted by molar-refractivity contribution is 0.0253. The van der Waals surface area contributed by atoms with Crippen LogP contribution in [0.4, 0.5) is 0 Å². The van der Waals surface area contributed by atoms with Gasteiger partial charge in [-0.2, -0.15) is 0 Å². The van der Waals surface area contributed by atoms with E-state index in [1.165, 1.54) is 18.4 Å². The molecule has 5 aliphatic rings. The summed E-state index contributed by atoms with van der Waals surface area (Å²) >= 11 is 0. The van der Waals surface area contributed by atoms with Gasteiger partial charge in [0.1, 0.15) is 0 Å². The zero-order valence-corrected chi connectivity index (χ0v) is 19.5. The Kier molecular flexibility index (Phi) is 5.27. The number of rotatable bonds is 2. The molecule has 3 fully saturated rings. The molecule has 30 heavy (non-hydrogen) atoms. The van der Waals surface area contributed by atoms with Crippen molar-refractivity contribution in [2.24, 2.45) is 40.4 Å². The monoisotopic (exact) mass is 413 g/mol. The minimum atomic E-state index is -0.227. The molecule has 0 aromatic carbocycles. The smallest absolute Gasteiger partial charge is 0.0639 e. The van der Waals surface area contributed by atoms with Crippen LogP contribution in [0.5, 0.6) is 0 Å². The number of allylic oxidation sites excluding steroid dienone is 2. The van der Waals surface area contributed by atoms with Gasteiger partial charge in [0.25, 0.3) is 0 Å². The quantitative estimate of drug-likeness (QED) is 0.568. The van der Waals surface area contributed by atoms with E-state index in [2.05, 4.69) is 45.2 Å². The van der Waals surface area contributed by atoms with Crippen molar-refractivity contribution in [3.63, 3.8) is 0 Å². The summed E-state index contributed by atoms with van der Waals surface area (Å²) in [7, 11) is 0. The van der Waals surface area contributed by atoms with Crippen molar-refractivity contribution in [3.8, 4) is 0 Å². The SMILES string of the molecule is C[C@H]1CC[C@H]([C@@H](C)[C@]2(C)C3=CC[C@H]4[C@@H](CC=C5C[C@@H](O)CC[C@@]54C)[C@@H]3C[C@@H]2O)NC1. The van der Waals surface area contributed by atoms with Gasteiger partial charge in [-0.15, -0.1) is 0 Å². The lowest BCUT2D eigenvalue weighted by Crippen LogP contribution is -2.50. The summed E-state index contributed by atoms with van der Waals surface area (Å²) < 4.78 is 0. The summed E-state index contributed by atoms with van der Waals surface area (Å²) in [5, 5.41) is 25.5. The fraction of sp³-hybridized carbons (Fsp3) is 0.852. The van der Waals surface area contributed by atoms with Gasteiger partial charge in [0.15, 0.2) is 0 Å². The van der Waals surface area contributed by atoms with Gasteiger partial charge in [-0.3, -0.25) is 0 Å². The van der Waals surface area contributed by atoms with Crippen molar-refractivity contribution >= 4 is 0 Å². The second kappa shape index (κ2) is 7.46. The molecule has 0 unspecified atom stereocenters. The molecule has 3 nitrogen and oxygen atoms in total. The van der Waals surface area contributed by atoms with Crippen LogP contribution in [-0.4, -0.2) is 35.0 Å². The molecule has 1 saturated heterocycles. The molecule has 0 spiro atoms. The Labute approximate surface area is 183 Å². The molecular formula is C27H43NO2. The average Bonchev–Trinajstić information content (AvgIpc) is 3.00. The van der Waals surface area contributed by atoms with Crippen molar-refractivity contribution in [2.45, 2.75) is 97.3 Å².